The van der Waals surface area contributed by atoms with Crippen molar-refractivity contribution in [1.82, 2.24) is 0 Å². The van der Waals surface area contributed by atoms with Gasteiger partial charge >= 0.3 is 0 Å². The van der Waals surface area contributed by atoms with Crippen LogP contribution in [-0.4, -0.2) is 34.8 Å². The number of rotatable bonds is 8. The van der Waals surface area contributed by atoms with Crippen molar-refractivity contribution in [3.63, 3.8) is 0 Å². The van der Waals surface area contributed by atoms with E-state index in [4.69, 9.17) is 11.5 Å². The number of aliphatic hydroxyl groups is 1. The smallest absolute Gasteiger partial charge is 0.0784 e. The molecule has 1 aromatic carbocycles. The van der Waals surface area contributed by atoms with E-state index in [1.165, 1.54) is 5.56 Å². The van der Waals surface area contributed by atoms with Crippen LogP contribution in [0.25, 0.3) is 0 Å². The monoisotopic (exact) mass is 268 g/mol. The van der Waals surface area contributed by atoms with E-state index >= 15 is 0 Å². The third-order valence-electron chi connectivity index (χ3n) is 2.95. The van der Waals surface area contributed by atoms with Crippen LogP contribution in [0.5, 0.6) is 0 Å². The summed E-state index contributed by atoms with van der Waals surface area (Å²) in [6.07, 6.45) is 1.21. The quantitative estimate of drug-likeness (QED) is 0.666. The number of aliphatic hydroxyl groups excluding tert-OH is 1. The summed E-state index contributed by atoms with van der Waals surface area (Å²) in [7, 11) is 0. The van der Waals surface area contributed by atoms with E-state index in [9.17, 15) is 5.11 Å². The molecule has 0 amide bonds. The van der Waals surface area contributed by atoms with Gasteiger partial charge in [0.2, 0.25) is 0 Å². The lowest BCUT2D eigenvalue weighted by atomic mass is 10.0. The fourth-order valence-electron chi connectivity index (χ4n) is 1.60. The molecule has 3 nitrogen and oxygen atoms in total. The lowest BCUT2D eigenvalue weighted by molar-refractivity contribution is 0.167. The summed E-state index contributed by atoms with van der Waals surface area (Å²) in [4.78, 5) is 0. The second kappa shape index (κ2) is 8.53. The van der Waals surface area contributed by atoms with Crippen LogP contribution in [0.15, 0.2) is 30.3 Å². The second-order valence-corrected chi connectivity index (χ2v) is 5.70. The van der Waals surface area contributed by atoms with Gasteiger partial charge in [0.15, 0.2) is 0 Å². The lowest BCUT2D eigenvalue weighted by Crippen LogP contribution is -2.38. The van der Waals surface area contributed by atoms with E-state index in [0.29, 0.717) is 12.2 Å². The van der Waals surface area contributed by atoms with Crippen LogP contribution in [0.4, 0.5) is 0 Å². The number of hydrogen-bond donors (Lipinski definition) is 3. The molecule has 4 heteroatoms. The van der Waals surface area contributed by atoms with Crippen molar-refractivity contribution < 1.29 is 5.11 Å². The first-order valence-corrected chi connectivity index (χ1v) is 7.59. The number of hydrogen-bond acceptors (Lipinski definition) is 4. The van der Waals surface area contributed by atoms with E-state index in [2.05, 4.69) is 6.92 Å². The van der Waals surface area contributed by atoms with Crippen LogP contribution in [0.3, 0.4) is 0 Å². The number of nitrogens with two attached hydrogens (primary N) is 2. The molecule has 0 fully saturated rings. The van der Waals surface area contributed by atoms with Gasteiger partial charge in [0.25, 0.3) is 0 Å². The van der Waals surface area contributed by atoms with E-state index in [0.717, 1.165) is 12.2 Å². The molecule has 102 valence electrons. The molecule has 0 saturated carbocycles. The maximum atomic E-state index is 9.98. The van der Waals surface area contributed by atoms with Crippen LogP contribution in [0.2, 0.25) is 0 Å². The average Bonchev–Trinajstić information content (AvgIpc) is 2.39. The normalized spacial score (nSPS) is 16.2. The Morgan fingerprint density at radius 3 is 2.44 bits per heavy atom. The molecule has 0 saturated heterocycles. The Balaban J connectivity index is 2.26. The summed E-state index contributed by atoms with van der Waals surface area (Å²) in [6, 6.07) is 10.0. The molecule has 5 N–H and O–H groups in total. The van der Waals surface area contributed by atoms with Crippen LogP contribution in [0, 0.1) is 0 Å². The van der Waals surface area contributed by atoms with Gasteiger partial charge in [-0.05, 0) is 18.4 Å². The van der Waals surface area contributed by atoms with Gasteiger partial charge in [0.1, 0.15) is 0 Å². The summed E-state index contributed by atoms with van der Waals surface area (Å²) in [5, 5.41) is 9.98. The van der Waals surface area contributed by atoms with Gasteiger partial charge < -0.3 is 16.6 Å². The van der Waals surface area contributed by atoms with Gasteiger partial charge in [-0.3, -0.25) is 0 Å². The highest BCUT2D eigenvalue weighted by molar-refractivity contribution is 7.99. The molecule has 0 radical (unpaired) electrons. The zero-order valence-corrected chi connectivity index (χ0v) is 11.8. The summed E-state index contributed by atoms with van der Waals surface area (Å²) < 4.78 is 0. The molecular formula is C14H24N2OS. The zero-order valence-electron chi connectivity index (χ0n) is 11.0. The maximum absolute atomic E-state index is 9.98. The molecule has 0 bridgehead atoms. The van der Waals surface area contributed by atoms with Crippen LogP contribution < -0.4 is 11.5 Å². The molecule has 1 rings (SSSR count). The Hall–Kier alpha value is -0.550. The lowest BCUT2D eigenvalue weighted by Gasteiger charge is -2.19. The third-order valence-corrected chi connectivity index (χ3v) is 4.19. The van der Waals surface area contributed by atoms with Crippen LogP contribution in [0.1, 0.15) is 18.9 Å². The Morgan fingerprint density at radius 1 is 1.17 bits per heavy atom. The van der Waals surface area contributed by atoms with E-state index in [-0.39, 0.29) is 12.1 Å². The molecular weight excluding hydrogens is 244 g/mol. The van der Waals surface area contributed by atoms with Crippen molar-refractivity contribution in [2.45, 2.75) is 38.0 Å². The first-order valence-electron chi connectivity index (χ1n) is 6.44. The van der Waals surface area contributed by atoms with E-state index < -0.39 is 6.10 Å². The molecule has 0 aliphatic heterocycles. The van der Waals surface area contributed by atoms with E-state index in [1.807, 2.05) is 30.3 Å². The van der Waals surface area contributed by atoms with Crippen molar-refractivity contribution >= 4 is 11.8 Å². The maximum Gasteiger partial charge on any atom is 0.0784 e. The zero-order chi connectivity index (χ0) is 13.4. The minimum absolute atomic E-state index is 0.210. The Bertz CT molecular complexity index is 321. The average molecular weight is 268 g/mol. The summed E-state index contributed by atoms with van der Waals surface area (Å²) in [6.45, 7) is 2.07. The predicted octanol–water partition coefficient (Wildman–Crippen LogP) is 1.39. The topological polar surface area (TPSA) is 72.3 Å². The molecule has 0 aliphatic carbocycles. The van der Waals surface area contributed by atoms with Crippen LogP contribution >= 0.6 is 11.8 Å². The highest BCUT2D eigenvalue weighted by atomic mass is 32.2. The summed E-state index contributed by atoms with van der Waals surface area (Å²) >= 11 is 1.68. The van der Waals surface area contributed by atoms with Gasteiger partial charge in [-0.1, -0.05) is 37.3 Å². The van der Waals surface area contributed by atoms with Crippen molar-refractivity contribution in [3.8, 4) is 0 Å². The molecule has 0 spiro atoms. The second-order valence-electron chi connectivity index (χ2n) is 4.63. The fraction of sp³-hybridized carbons (Fsp3) is 0.571. The minimum Gasteiger partial charge on any atom is -0.391 e. The Labute approximate surface area is 114 Å². The predicted molar refractivity (Wildman–Crippen MR) is 79.7 cm³/mol. The number of benzene rings is 1. The van der Waals surface area contributed by atoms with Gasteiger partial charge in [-0.2, -0.15) is 11.8 Å². The molecule has 0 heterocycles. The molecule has 3 unspecified atom stereocenters. The molecule has 1 aromatic rings. The summed E-state index contributed by atoms with van der Waals surface area (Å²) in [5.41, 5.74) is 13.0. The first-order chi connectivity index (χ1) is 8.63. The molecule has 18 heavy (non-hydrogen) atoms. The SMILES string of the molecule is CCC(N)CSCC(O)C(N)Cc1ccccc1. The molecule has 0 aromatic heterocycles. The Kier molecular flexibility index (Phi) is 7.35. The molecule has 0 aliphatic rings. The van der Waals surface area contributed by atoms with Gasteiger partial charge in [-0.25, -0.2) is 0 Å². The third kappa shape index (κ3) is 5.87. The highest BCUT2D eigenvalue weighted by Crippen LogP contribution is 2.10. The first kappa shape index (κ1) is 15.5. The largest absolute Gasteiger partial charge is 0.391 e. The van der Waals surface area contributed by atoms with Crippen molar-refractivity contribution in [2.75, 3.05) is 11.5 Å². The van der Waals surface area contributed by atoms with Crippen molar-refractivity contribution in [1.29, 1.82) is 0 Å². The highest BCUT2D eigenvalue weighted by Gasteiger charge is 2.15. The van der Waals surface area contributed by atoms with Gasteiger partial charge in [0.05, 0.1) is 6.10 Å². The Morgan fingerprint density at radius 2 is 1.83 bits per heavy atom. The van der Waals surface area contributed by atoms with Gasteiger partial charge in [0, 0.05) is 23.6 Å². The van der Waals surface area contributed by atoms with Crippen molar-refractivity contribution in [2.24, 2.45) is 11.5 Å². The van der Waals surface area contributed by atoms with E-state index in [1.54, 1.807) is 11.8 Å². The minimum atomic E-state index is -0.473. The van der Waals surface area contributed by atoms with Gasteiger partial charge in [-0.15, -0.1) is 0 Å². The summed E-state index contributed by atoms with van der Waals surface area (Å²) in [5.74, 6) is 1.54. The van der Waals surface area contributed by atoms with Crippen LogP contribution in [-0.2, 0) is 6.42 Å². The fourth-order valence-corrected chi connectivity index (χ4v) is 2.77. The standard InChI is InChI=1S/C14H24N2OS/c1-2-12(15)9-18-10-14(17)13(16)8-11-6-4-3-5-7-11/h3-7,12-14,17H,2,8-10,15-16H2,1H3. The number of thioether (sulfide) groups is 1. The van der Waals surface area contributed by atoms with Crippen molar-refractivity contribution in [3.05, 3.63) is 35.9 Å². The molecule has 3 atom stereocenters.